The van der Waals surface area contributed by atoms with Crippen molar-refractivity contribution in [3.8, 4) is 11.1 Å². The topological polar surface area (TPSA) is 105 Å². The van der Waals surface area contributed by atoms with E-state index in [1.54, 1.807) is 13.8 Å². The van der Waals surface area contributed by atoms with Gasteiger partial charge < -0.3 is 20.5 Å². The average molecular weight is 422 g/mol. The monoisotopic (exact) mass is 422 g/mol. The quantitative estimate of drug-likeness (QED) is 0.566. The van der Waals surface area contributed by atoms with Crippen LogP contribution in [-0.2, 0) is 14.3 Å². The van der Waals surface area contributed by atoms with Gasteiger partial charge in [-0.1, -0.05) is 61.5 Å². The predicted molar refractivity (Wildman–Crippen MR) is 117 cm³/mol. The first-order valence-corrected chi connectivity index (χ1v) is 10.2. The average Bonchev–Trinajstić information content (AvgIpc) is 3.08. The van der Waals surface area contributed by atoms with E-state index in [-0.39, 0.29) is 25.0 Å². The molecule has 0 spiro atoms. The Kier molecular flexibility index (Phi) is 7.07. The summed E-state index contributed by atoms with van der Waals surface area (Å²) in [4.78, 5) is 35.0. The van der Waals surface area contributed by atoms with Gasteiger partial charge in [-0.25, -0.2) is 9.59 Å². The van der Waals surface area contributed by atoms with Gasteiger partial charge in [0.25, 0.3) is 0 Å². The lowest BCUT2D eigenvalue weighted by atomic mass is 9.98. The van der Waals surface area contributed by atoms with Crippen LogP contribution in [0.25, 0.3) is 11.1 Å². The van der Waals surface area contributed by atoms with Crippen molar-refractivity contribution in [1.29, 1.82) is 0 Å². The molecule has 0 saturated carbocycles. The third-order valence-corrected chi connectivity index (χ3v) is 5.51. The summed E-state index contributed by atoms with van der Waals surface area (Å²) >= 11 is 0. The minimum absolute atomic E-state index is 0.0322. The fourth-order valence-electron chi connectivity index (χ4n) is 3.66. The van der Waals surface area contributed by atoms with Crippen LogP contribution in [0.2, 0.25) is 0 Å². The summed E-state index contributed by atoms with van der Waals surface area (Å²) < 4.78 is 5.51. The highest BCUT2D eigenvalue weighted by atomic mass is 16.5. The van der Waals surface area contributed by atoms with Crippen molar-refractivity contribution in [2.24, 2.45) is 5.92 Å². The number of carboxylic acids is 1. The lowest BCUT2D eigenvalue weighted by Crippen LogP contribution is -2.44. The molecule has 0 heterocycles. The van der Waals surface area contributed by atoms with Crippen molar-refractivity contribution in [1.82, 2.24) is 10.6 Å². The molecule has 7 nitrogen and oxygen atoms in total. The zero-order valence-electron chi connectivity index (χ0n) is 17.5. The van der Waals surface area contributed by atoms with Crippen LogP contribution in [0.3, 0.4) is 0 Å². The molecule has 0 bridgehead atoms. The van der Waals surface area contributed by atoms with Crippen molar-refractivity contribution in [3.63, 3.8) is 0 Å². The Labute approximate surface area is 181 Å². The molecule has 2 atom stereocenters. The Hall–Kier alpha value is -3.61. The minimum Gasteiger partial charge on any atom is -0.478 e. The number of carboxylic acid groups (broad SMARTS) is 1. The molecule has 0 saturated heterocycles. The molecule has 7 heteroatoms. The molecule has 2 aromatic carbocycles. The molecule has 0 aromatic heterocycles. The van der Waals surface area contributed by atoms with Gasteiger partial charge in [-0.15, -0.1) is 0 Å². The number of alkyl carbamates (subject to hydrolysis) is 1. The molecule has 0 fully saturated rings. The van der Waals surface area contributed by atoms with Crippen LogP contribution in [0.15, 0.2) is 60.7 Å². The van der Waals surface area contributed by atoms with Crippen LogP contribution in [0.4, 0.5) is 4.79 Å². The second-order valence-electron chi connectivity index (χ2n) is 7.53. The van der Waals surface area contributed by atoms with Crippen LogP contribution in [0.1, 0.15) is 30.9 Å². The van der Waals surface area contributed by atoms with E-state index in [9.17, 15) is 14.4 Å². The van der Waals surface area contributed by atoms with Gasteiger partial charge in [0.2, 0.25) is 5.91 Å². The Balaban J connectivity index is 1.53. The molecule has 2 amide bonds. The molecule has 0 radical (unpaired) electrons. The fraction of sp³-hybridized carbons (Fsp3) is 0.292. The smallest absolute Gasteiger partial charge is 0.407 e. The number of ether oxygens (including phenoxy) is 1. The minimum atomic E-state index is -1.08. The van der Waals surface area contributed by atoms with Gasteiger partial charge >= 0.3 is 12.1 Å². The van der Waals surface area contributed by atoms with Crippen molar-refractivity contribution in [2.75, 3.05) is 13.2 Å². The normalized spacial score (nSPS) is 14.4. The molecule has 2 unspecified atom stereocenters. The van der Waals surface area contributed by atoms with Gasteiger partial charge in [-0.2, -0.15) is 0 Å². The summed E-state index contributed by atoms with van der Waals surface area (Å²) in [6, 6.07) is 15.7. The van der Waals surface area contributed by atoms with Gasteiger partial charge in [0.1, 0.15) is 6.61 Å². The van der Waals surface area contributed by atoms with Gasteiger partial charge in [0, 0.05) is 24.6 Å². The Morgan fingerprint density at radius 2 is 1.61 bits per heavy atom. The van der Waals surface area contributed by atoms with Gasteiger partial charge in [0.15, 0.2) is 0 Å². The molecular formula is C24H26N2O5. The third kappa shape index (κ3) is 5.31. The van der Waals surface area contributed by atoms with Gasteiger partial charge in [-0.05, 0) is 29.2 Å². The number of nitrogens with one attached hydrogen (secondary N) is 2. The standard InChI is InChI=1S/C24H26N2O5/c1-15(23(29)25-13-7-12-22(27)28)16(2)26-24(30)31-14-21-19-10-5-3-8-17(19)18-9-4-6-11-20(18)21/h3-12,15-16,21H,13-14H2,1-2H3,(H,25,29)(H,26,30)(H,27,28)/b12-7+. The molecule has 3 N–H and O–H groups in total. The number of carbonyl (C=O) groups is 3. The zero-order valence-corrected chi connectivity index (χ0v) is 17.5. The molecule has 1 aliphatic rings. The van der Waals surface area contributed by atoms with E-state index in [1.807, 2.05) is 24.3 Å². The van der Waals surface area contributed by atoms with E-state index in [2.05, 4.69) is 34.9 Å². The second kappa shape index (κ2) is 9.93. The summed E-state index contributed by atoms with van der Waals surface area (Å²) in [7, 11) is 0. The van der Waals surface area contributed by atoms with Gasteiger partial charge in [-0.3, -0.25) is 4.79 Å². The maximum Gasteiger partial charge on any atom is 0.407 e. The Bertz CT molecular complexity index is 955. The Morgan fingerprint density at radius 1 is 1.03 bits per heavy atom. The molecule has 0 aliphatic heterocycles. The molecule has 3 rings (SSSR count). The van der Waals surface area contributed by atoms with Crippen LogP contribution in [0, 0.1) is 5.92 Å². The summed E-state index contributed by atoms with van der Waals surface area (Å²) in [5, 5.41) is 13.9. The summed E-state index contributed by atoms with van der Waals surface area (Å²) in [5.41, 5.74) is 4.57. The first kappa shape index (κ1) is 22.1. The van der Waals surface area contributed by atoms with E-state index in [0.717, 1.165) is 28.3 Å². The molecular weight excluding hydrogens is 396 g/mol. The van der Waals surface area contributed by atoms with Crippen LogP contribution in [-0.4, -0.2) is 42.3 Å². The number of rotatable bonds is 8. The van der Waals surface area contributed by atoms with E-state index in [0.29, 0.717) is 0 Å². The summed E-state index contributed by atoms with van der Waals surface area (Å²) in [6.45, 7) is 3.71. The van der Waals surface area contributed by atoms with E-state index < -0.39 is 24.0 Å². The molecule has 2 aromatic rings. The van der Waals surface area contributed by atoms with Crippen molar-refractivity contribution in [3.05, 3.63) is 71.8 Å². The summed E-state index contributed by atoms with van der Waals surface area (Å²) in [5.74, 6) is -1.91. The third-order valence-electron chi connectivity index (χ3n) is 5.51. The van der Waals surface area contributed by atoms with E-state index >= 15 is 0 Å². The number of aliphatic carboxylic acids is 1. The zero-order chi connectivity index (χ0) is 22.4. The number of carbonyl (C=O) groups excluding carboxylic acids is 2. The number of hydrogen-bond acceptors (Lipinski definition) is 4. The SMILES string of the molecule is CC(NC(=O)OCC1c2ccccc2-c2ccccc21)C(C)C(=O)NC/C=C/C(=O)O. The molecule has 162 valence electrons. The van der Waals surface area contributed by atoms with Crippen molar-refractivity contribution in [2.45, 2.75) is 25.8 Å². The van der Waals surface area contributed by atoms with Gasteiger partial charge in [0.05, 0.1) is 5.92 Å². The van der Waals surface area contributed by atoms with Crippen LogP contribution >= 0.6 is 0 Å². The highest BCUT2D eigenvalue weighted by molar-refractivity contribution is 5.82. The number of amides is 2. The van der Waals surface area contributed by atoms with Crippen molar-refractivity contribution >= 4 is 18.0 Å². The first-order valence-electron chi connectivity index (χ1n) is 10.2. The number of hydrogen-bond donors (Lipinski definition) is 3. The predicted octanol–water partition coefficient (Wildman–Crippen LogP) is 3.31. The Morgan fingerprint density at radius 3 is 2.19 bits per heavy atom. The highest BCUT2D eigenvalue weighted by Gasteiger charge is 2.29. The summed E-state index contributed by atoms with van der Waals surface area (Å²) in [6.07, 6.45) is 1.72. The molecule has 31 heavy (non-hydrogen) atoms. The number of benzene rings is 2. The number of fused-ring (bicyclic) bond motifs is 3. The first-order chi connectivity index (χ1) is 14.9. The second-order valence-corrected chi connectivity index (χ2v) is 7.53. The maximum absolute atomic E-state index is 12.4. The van der Waals surface area contributed by atoms with Crippen LogP contribution in [0.5, 0.6) is 0 Å². The lowest BCUT2D eigenvalue weighted by Gasteiger charge is -2.21. The maximum atomic E-state index is 12.4. The van der Waals surface area contributed by atoms with Crippen LogP contribution < -0.4 is 10.6 Å². The van der Waals surface area contributed by atoms with E-state index in [1.165, 1.54) is 6.08 Å². The highest BCUT2D eigenvalue weighted by Crippen LogP contribution is 2.44. The van der Waals surface area contributed by atoms with Crippen molar-refractivity contribution < 1.29 is 24.2 Å². The molecule has 1 aliphatic carbocycles. The largest absolute Gasteiger partial charge is 0.478 e. The fourth-order valence-corrected chi connectivity index (χ4v) is 3.66. The van der Waals surface area contributed by atoms with E-state index in [4.69, 9.17) is 9.84 Å². The lowest BCUT2D eigenvalue weighted by molar-refractivity contribution is -0.131.